The molecule has 0 saturated heterocycles. The van der Waals surface area contributed by atoms with E-state index in [0.29, 0.717) is 30.2 Å². The lowest BCUT2D eigenvalue weighted by molar-refractivity contribution is -0.134. The number of rotatable bonds is 8. The van der Waals surface area contributed by atoms with Crippen molar-refractivity contribution in [2.75, 3.05) is 6.61 Å². The minimum Gasteiger partial charge on any atom is -0.494 e. The van der Waals surface area contributed by atoms with Crippen LogP contribution in [0.4, 0.5) is 0 Å². The molecule has 122 valence electrons. The van der Waals surface area contributed by atoms with E-state index in [4.69, 9.17) is 21.1 Å². The van der Waals surface area contributed by atoms with Crippen molar-refractivity contribution in [2.45, 2.75) is 32.6 Å². The van der Waals surface area contributed by atoms with Gasteiger partial charge in [-0.15, -0.1) is 0 Å². The van der Waals surface area contributed by atoms with Crippen molar-refractivity contribution in [3.8, 4) is 11.5 Å². The predicted molar refractivity (Wildman–Crippen MR) is 92.3 cm³/mol. The third kappa shape index (κ3) is 6.33. The fourth-order valence-corrected chi connectivity index (χ4v) is 2.26. The van der Waals surface area contributed by atoms with E-state index in [0.717, 1.165) is 18.6 Å². The molecule has 4 heteroatoms. The van der Waals surface area contributed by atoms with E-state index in [9.17, 15) is 4.79 Å². The van der Waals surface area contributed by atoms with Crippen molar-refractivity contribution in [1.29, 1.82) is 0 Å². The molecule has 0 aliphatic heterocycles. The number of aryl methyl sites for hydroxylation is 1. The maximum Gasteiger partial charge on any atom is 0.311 e. The molecule has 0 radical (unpaired) electrons. The molecule has 0 amide bonds. The Hall–Kier alpha value is -2.00. The molecule has 0 spiro atoms. The largest absolute Gasteiger partial charge is 0.494 e. The summed E-state index contributed by atoms with van der Waals surface area (Å²) in [5.74, 6) is 1.09. The highest BCUT2D eigenvalue weighted by Gasteiger charge is 2.05. The number of hydrogen-bond donors (Lipinski definition) is 0. The van der Waals surface area contributed by atoms with E-state index in [2.05, 4.69) is 6.92 Å². The van der Waals surface area contributed by atoms with Crippen LogP contribution in [0.3, 0.4) is 0 Å². The molecule has 23 heavy (non-hydrogen) atoms. The van der Waals surface area contributed by atoms with Gasteiger partial charge in [0.2, 0.25) is 0 Å². The summed E-state index contributed by atoms with van der Waals surface area (Å²) in [6.07, 6.45) is 3.07. The molecule has 2 rings (SSSR count). The molecule has 2 aromatic rings. The predicted octanol–water partition coefficient (Wildman–Crippen LogP) is 5.06. The van der Waals surface area contributed by atoms with Crippen LogP contribution in [0.15, 0.2) is 48.5 Å². The first-order valence-corrected chi connectivity index (χ1v) is 8.23. The van der Waals surface area contributed by atoms with E-state index in [-0.39, 0.29) is 5.97 Å². The molecular formula is C19H21ClO3. The zero-order valence-corrected chi connectivity index (χ0v) is 14.0. The number of carbonyl (C=O) groups is 1. The van der Waals surface area contributed by atoms with Crippen LogP contribution in [-0.4, -0.2) is 12.6 Å². The topological polar surface area (TPSA) is 35.5 Å². The van der Waals surface area contributed by atoms with Crippen molar-refractivity contribution in [2.24, 2.45) is 0 Å². The number of hydrogen-bond acceptors (Lipinski definition) is 3. The average molecular weight is 333 g/mol. The summed E-state index contributed by atoms with van der Waals surface area (Å²) in [5, 5.41) is 0.672. The van der Waals surface area contributed by atoms with Gasteiger partial charge in [0, 0.05) is 11.4 Å². The number of esters is 1. The standard InChI is InChI=1S/C19H21ClO3/c1-2-4-15-6-10-18(11-7-15)23-19(21)5-3-14-22-17-12-8-16(20)9-13-17/h6-13H,2-5,14H2,1H3. The average Bonchev–Trinajstić information content (AvgIpc) is 2.55. The van der Waals surface area contributed by atoms with Gasteiger partial charge in [-0.2, -0.15) is 0 Å². The Balaban J connectivity index is 1.67. The SMILES string of the molecule is CCCc1ccc(OC(=O)CCCOc2ccc(Cl)cc2)cc1. The van der Waals surface area contributed by atoms with Crippen molar-refractivity contribution in [3.05, 3.63) is 59.1 Å². The molecule has 0 atom stereocenters. The molecule has 2 aromatic carbocycles. The molecule has 0 bridgehead atoms. The summed E-state index contributed by atoms with van der Waals surface area (Å²) in [7, 11) is 0. The van der Waals surface area contributed by atoms with Gasteiger partial charge in [0.15, 0.2) is 0 Å². The van der Waals surface area contributed by atoms with Gasteiger partial charge in [-0.05, 0) is 54.8 Å². The van der Waals surface area contributed by atoms with E-state index >= 15 is 0 Å². The van der Waals surface area contributed by atoms with Gasteiger partial charge in [0.05, 0.1) is 6.61 Å². The van der Waals surface area contributed by atoms with Crippen LogP contribution in [0.1, 0.15) is 31.7 Å². The molecule has 0 N–H and O–H groups in total. The quantitative estimate of drug-likeness (QED) is 0.385. The summed E-state index contributed by atoms with van der Waals surface area (Å²) in [6, 6.07) is 14.8. The minimum atomic E-state index is -0.243. The first kappa shape index (κ1) is 17.4. The number of carbonyl (C=O) groups excluding carboxylic acids is 1. The third-order valence-electron chi connectivity index (χ3n) is 3.30. The summed E-state index contributed by atoms with van der Waals surface area (Å²) >= 11 is 5.80. The number of ether oxygens (including phenoxy) is 2. The van der Waals surface area contributed by atoms with Gasteiger partial charge >= 0.3 is 5.97 Å². The van der Waals surface area contributed by atoms with Crippen molar-refractivity contribution in [1.82, 2.24) is 0 Å². The minimum absolute atomic E-state index is 0.243. The Labute approximate surface area is 142 Å². The highest BCUT2D eigenvalue weighted by atomic mass is 35.5. The summed E-state index contributed by atoms with van der Waals surface area (Å²) < 4.78 is 10.8. The second kappa shape index (κ2) is 9.21. The van der Waals surface area contributed by atoms with Gasteiger partial charge in [-0.25, -0.2) is 0 Å². The number of benzene rings is 2. The van der Waals surface area contributed by atoms with Crippen molar-refractivity contribution >= 4 is 17.6 Å². The smallest absolute Gasteiger partial charge is 0.311 e. The second-order valence-electron chi connectivity index (χ2n) is 5.27. The van der Waals surface area contributed by atoms with Crippen molar-refractivity contribution < 1.29 is 14.3 Å². The molecule has 3 nitrogen and oxygen atoms in total. The highest BCUT2D eigenvalue weighted by molar-refractivity contribution is 6.30. The first-order chi connectivity index (χ1) is 11.2. The van der Waals surface area contributed by atoms with Gasteiger partial charge in [0.1, 0.15) is 11.5 Å². The zero-order valence-electron chi connectivity index (χ0n) is 13.3. The zero-order chi connectivity index (χ0) is 16.5. The van der Waals surface area contributed by atoms with Gasteiger partial charge in [-0.1, -0.05) is 37.1 Å². The van der Waals surface area contributed by atoms with Gasteiger partial charge < -0.3 is 9.47 Å². The molecular weight excluding hydrogens is 312 g/mol. The van der Waals surface area contributed by atoms with Crippen molar-refractivity contribution in [3.63, 3.8) is 0 Å². The summed E-state index contributed by atoms with van der Waals surface area (Å²) in [6.45, 7) is 2.60. The van der Waals surface area contributed by atoms with Crippen LogP contribution < -0.4 is 9.47 Å². The van der Waals surface area contributed by atoms with Crippen LogP contribution in [0, 0.1) is 0 Å². The van der Waals surface area contributed by atoms with E-state index in [1.165, 1.54) is 5.56 Å². The number of halogens is 1. The lowest BCUT2D eigenvalue weighted by atomic mass is 10.1. The summed E-state index contributed by atoms with van der Waals surface area (Å²) in [4.78, 5) is 11.8. The van der Waals surface area contributed by atoms with Gasteiger partial charge in [0.25, 0.3) is 0 Å². The van der Waals surface area contributed by atoms with Crippen LogP contribution >= 0.6 is 11.6 Å². The molecule has 0 aliphatic carbocycles. The van der Waals surface area contributed by atoms with E-state index in [1.54, 1.807) is 24.3 Å². The molecule has 0 fully saturated rings. The van der Waals surface area contributed by atoms with Crippen LogP contribution in [-0.2, 0) is 11.2 Å². The van der Waals surface area contributed by atoms with Gasteiger partial charge in [-0.3, -0.25) is 4.79 Å². The Morgan fingerprint density at radius 3 is 2.30 bits per heavy atom. The van der Waals surface area contributed by atoms with E-state index in [1.807, 2.05) is 24.3 Å². The Bertz CT molecular complexity index is 606. The molecule has 0 saturated carbocycles. The molecule has 0 heterocycles. The first-order valence-electron chi connectivity index (χ1n) is 7.85. The van der Waals surface area contributed by atoms with Crippen LogP contribution in [0.25, 0.3) is 0 Å². The Morgan fingerprint density at radius 2 is 1.65 bits per heavy atom. The normalized spacial score (nSPS) is 10.3. The summed E-state index contributed by atoms with van der Waals surface area (Å²) in [5.41, 5.74) is 1.25. The second-order valence-corrected chi connectivity index (χ2v) is 5.71. The maximum absolute atomic E-state index is 11.8. The Morgan fingerprint density at radius 1 is 1.00 bits per heavy atom. The maximum atomic E-state index is 11.8. The third-order valence-corrected chi connectivity index (χ3v) is 3.55. The molecule has 0 unspecified atom stereocenters. The lowest BCUT2D eigenvalue weighted by Gasteiger charge is -2.07. The highest BCUT2D eigenvalue weighted by Crippen LogP contribution is 2.16. The lowest BCUT2D eigenvalue weighted by Crippen LogP contribution is -2.10. The fraction of sp³-hybridized carbons (Fsp3) is 0.316. The fourth-order valence-electron chi connectivity index (χ4n) is 2.13. The monoisotopic (exact) mass is 332 g/mol. The molecule has 0 aliphatic rings. The van der Waals surface area contributed by atoms with Crippen LogP contribution in [0.2, 0.25) is 5.02 Å². The molecule has 0 aromatic heterocycles. The van der Waals surface area contributed by atoms with Crippen LogP contribution in [0.5, 0.6) is 11.5 Å². The Kier molecular flexibility index (Phi) is 6.95. The van der Waals surface area contributed by atoms with E-state index < -0.39 is 0 Å².